The Hall–Kier alpha value is -4.66. The van der Waals surface area contributed by atoms with Crippen LogP contribution in [0.3, 0.4) is 0 Å². The number of hydrogen-bond acceptors (Lipinski definition) is 7. The van der Waals surface area contributed by atoms with Gasteiger partial charge in [0.2, 0.25) is 11.7 Å². The summed E-state index contributed by atoms with van der Waals surface area (Å²) in [5, 5.41) is 15.3. The van der Waals surface area contributed by atoms with Gasteiger partial charge in [-0.3, -0.25) is 9.78 Å². The van der Waals surface area contributed by atoms with Gasteiger partial charge in [0, 0.05) is 34.0 Å². The number of fused-ring (bicyclic) bond motifs is 2. The molecule has 0 bridgehead atoms. The predicted molar refractivity (Wildman–Crippen MR) is 136 cm³/mol. The van der Waals surface area contributed by atoms with E-state index in [2.05, 4.69) is 34.5 Å². The van der Waals surface area contributed by atoms with Crippen LogP contribution in [0.5, 0.6) is 0 Å². The molecule has 36 heavy (non-hydrogen) atoms. The molecule has 0 unspecified atom stereocenters. The van der Waals surface area contributed by atoms with Gasteiger partial charge in [0.15, 0.2) is 5.58 Å². The van der Waals surface area contributed by atoms with Crippen molar-refractivity contribution in [1.29, 1.82) is 0 Å². The summed E-state index contributed by atoms with van der Waals surface area (Å²) < 4.78 is 7.89. The second-order valence-corrected chi connectivity index (χ2v) is 8.56. The number of oxazole rings is 1. The second-order valence-electron chi connectivity index (χ2n) is 8.56. The van der Waals surface area contributed by atoms with E-state index in [9.17, 15) is 4.79 Å². The first-order chi connectivity index (χ1) is 17.6. The number of nitrogens with one attached hydrogen (secondary N) is 1. The van der Waals surface area contributed by atoms with Crippen molar-refractivity contribution in [1.82, 2.24) is 35.2 Å². The molecule has 178 valence electrons. The molecule has 6 aromatic rings. The highest BCUT2D eigenvalue weighted by Crippen LogP contribution is 2.32. The number of aromatic amines is 1. The fraction of sp³-hybridized carbons (Fsp3) is 0.185. The minimum atomic E-state index is -0.0483. The fourth-order valence-electron chi connectivity index (χ4n) is 4.54. The van der Waals surface area contributed by atoms with Gasteiger partial charge in [-0.05, 0) is 54.0 Å². The number of benzene rings is 2. The van der Waals surface area contributed by atoms with Crippen LogP contribution in [0.2, 0.25) is 0 Å². The largest absolute Gasteiger partial charge is 0.436 e. The third-order valence-corrected chi connectivity index (χ3v) is 6.35. The van der Waals surface area contributed by atoms with Crippen molar-refractivity contribution in [2.45, 2.75) is 33.2 Å². The molecule has 4 aromatic heterocycles. The van der Waals surface area contributed by atoms with Crippen LogP contribution in [0.1, 0.15) is 30.8 Å². The molecule has 6 rings (SSSR count). The average Bonchev–Trinajstić information content (AvgIpc) is 3.60. The molecule has 0 saturated heterocycles. The number of aryl methyl sites for hydroxylation is 2. The highest BCUT2D eigenvalue weighted by Gasteiger charge is 2.16. The molecule has 0 fully saturated rings. The summed E-state index contributed by atoms with van der Waals surface area (Å²) in [5.74, 6) is 0.937. The standard InChI is InChI=1S/C27H23N7O2/c1-3-17-14-23-20(21(4-2)28-17)10-12-25(35)34(23)15-16-9-11-24-22(13-16)29-27(36-24)19-8-6-5-7-18(19)26-30-32-33-31-26/h5-14H,3-4,15H2,1-2H3,(H,30,31,32,33). The number of aromatic nitrogens is 7. The normalized spacial score (nSPS) is 11.5. The van der Waals surface area contributed by atoms with E-state index in [1.807, 2.05) is 59.2 Å². The molecule has 0 amide bonds. The van der Waals surface area contributed by atoms with Crippen molar-refractivity contribution in [3.05, 3.63) is 88.0 Å². The summed E-state index contributed by atoms with van der Waals surface area (Å²) in [4.78, 5) is 22.4. The average molecular weight is 478 g/mol. The zero-order chi connectivity index (χ0) is 24.6. The zero-order valence-corrected chi connectivity index (χ0v) is 19.9. The Kier molecular flexibility index (Phi) is 5.37. The topological polar surface area (TPSA) is 115 Å². The van der Waals surface area contributed by atoms with Gasteiger partial charge in [-0.1, -0.05) is 38.1 Å². The van der Waals surface area contributed by atoms with Crippen molar-refractivity contribution in [3.63, 3.8) is 0 Å². The van der Waals surface area contributed by atoms with Gasteiger partial charge < -0.3 is 8.98 Å². The SMILES string of the molecule is CCc1cc2c(ccc(=O)n2Cc2ccc3oc(-c4ccccc4-c4nn[nH]n4)nc3c2)c(CC)n1. The van der Waals surface area contributed by atoms with Gasteiger partial charge in [-0.25, -0.2) is 4.98 Å². The van der Waals surface area contributed by atoms with E-state index in [-0.39, 0.29) is 5.56 Å². The molecule has 2 aromatic carbocycles. The molecule has 4 heterocycles. The maximum Gasteiger partial charge on any atom is 0.251 e. The molecule has 0 saturated carbocycles. The quantitative estimate of drug-likeness (QED) is 0.374. The molecule has 9 heteroatoms. The molecule has 0 aliphatic heterocycles. The number of nitrogens with zero attached hydrogens (tertiary/aromatic N) is 6. The fourth-order valence-corrected chi connectivity index (χ4v) is 4.54. The Morgan fingerprint density at radius 3 is 2.58 bits per heavy atom. The number of hydrogen-bond donors (Lipinski definition) is 1. The van der Waals surface area contributed by atoms with Gasteiger partial charge in [0.25, 0.3) is 5.56 Å². The summed E-state index contributed by atoms with van der Waals surface area (Å²) in [6.45, 7) is 4.58. The lowest BCUT2D eigenvalue weighted by Gasteiger charge is -2.13. The summed E-state index contributed by atoms with van der Waals surface area (Å²) in [6.07, 6.45) is 1.62. The van der Waals surface area contributed by atoms with Crippen LogP contribution in [0.4, 0.5) is 0 Å². The number of tetrazole rings is 1. The Balaban J connectivity index is 1.42. The molecule has 0 radical (unpaired) electrons. The van der Waals surface area contributed by atoms with E-state index < -0.39 is 0 Å². The van der Waals surface area contributed by atoms with E-state index >= 15 is 0 Å². The van der Waals surface area contributed by atoms with Crippen LogP contribution < -0.4 is 5.56 Å². The van der Waals surface area contributed by atoms with Crippen molar-refractivity contribution in [2.75, 3.05) is 0 Å². The van der Waals surface area contributed by atoms with Gasteiger partial charge >= 0.3 is 0 Å². The Bertz CT molecular complexity index is 1770. The lowest BCUT2D eigenvalue weighted by Crippen LogP contribution is -2.20. The Labute approximate surface area is 205 Å². The molecule has 1 N–H and O–H groups in total. The third kappa shape index (κ3) is 3.74. The first-order valence-electron chi connectivity index (χ1n) is 11.9. The van der Waals surface area contributed by atoms with E-state index in [0.29, 0.717) is 29.4 Å². The molecule has 0 aliphatic rings. The maximum atomic E-state index is 12.9. The maximum absolute atomic E-state index is 12.9. The lowest BCUT2D eigenvalue weighted by atomic mass is 10.1. The van der Waals surface area contributed by atoms with Crippen LogP contribution in [-0.4, -0.2) is 35.2 Å². The monoisotopic (exact) mass is 477 g/mol. The Morgan fingerprint density at radius 1 is 0.944 bits per heavy atom. The van der Waals surface area contributed by atoms with Crippen LogP contribution in [0.15, 0.2) is 69.9 Å². The molecular formula is C27H23N7O2. The first kappa shape index (κ1) is 21.8. The third-order valence-electron chi connectivity index (χ3n) is 6.35. The lowest BCUT2D eigenvalue weighted by molar-refractivity contribution is 0.620. The second kappa shape index (κ2) is 8.84. The highest BCUT2D eigenvalue weighted by molar-refractivity contribution is 5.83. The van der Waals surface area contributed by atoms with Crippen LogP contribution >= 0.6 is 0 Å². The summed E-state index contributed by atoms with van der Waals surface area (Å²) in [5.41, 5.74) is 6.72. The number of rotatable bonds is 6. The van der Waals surface area contributed by atoms with E-state index in [1.165, 1.54) is 0 Å². The van der Waals surface area contributed by atoms with E-state index in [4.69, 9.17) is 14.4 Å². The number of H-pyrrole nitrogens is 1. The Morgan fingerprint density at radius 2 is 1.81 bits per heavy atom. The van der Waals surface area contributed by atoms with Gasteiger partial charge in [0.1, 0.15) is 5.52 Å². The smallest absolute Gasteiger partial charge is 0.251 e. The molecular weight excluding hydrogens is 454 g/mol. The summed E-state index contributed by atoms with van der Waals surface area (Å²) in [7, 11) is 0. The van der Waals surface area contributed by atoms with Gasteiger partial charge in [-0.15, -0.1) is 10.2 Å². The minimum Gasteiger partial charge on any atom is -0.436 e. The van der Waals surface area contributed by atoms with Crippen LogP contribution in [-0.2, 0) is 19.4 Å². The van der Waals surface area contributed by atoms with Crippen molar-refractivity contribution < 1.29 is 4.42 Å². The van der Waals surface area contributed by atoms with Gasteiger partial charge in [-0.2, -0.15) is 5.21 Å². The first-order valence-corrected chi connectivity index (χ1v) is 11.9. The van der Waals surface area contributed by atoms with Gasteiger partial charge in [0.05, 0.1) is 12.1 Å². The molecule has 9 nitrogen and oxygen atoms in total. The minimum absolute atomic E-state index is 0.0483. The van der Waals surface area contributed by atoms with Crippen LogP contribution in [0.25, 0.3) is 44.8 Å². The highest BCUT2D eigenvalue weighted by atomic mass is 16.3. The zero-order valence-electron chi connectivity index (χ0n) is 19.9. The molecule has 0 aliphatic carbocycles. The predicted octanol–water partition coefficient (Wildman–Crippen LogP) is 4.56. The van der Waals surface area contributed by atoms with Crippen molar-refractivity contribution >= 4 is 22.0 Å². The molecule has 0 atom stereocenters. The summed E-state index contributed by atoms with van der Waals surface area (Å²) >= 11 is 0. The van der Waals surface area contributed by atoms with Crippen molar-refractivity contribution in [2.24, 2.45) is 0 Å². The summed E-state index contributed by atoms with van der Waals surface area (Å²) in [6, 6.07) is 19.0. The number of pyridine rings is 2. The van der Waals surface area contributed by atoms with Crippen molar-refractivity contribution in [3.8, 4) is 22.8 Å². The van der Waals surface area contributed by atoms with Crippen LogP contribution in [0, 0.1) is 0 Å². The van der Waals surface area contributed by atoms with E-state index in [0.717, 1.165) is 51.8 Å². The molecule has 0 spiro atoms. The van der Waals surface area contributed by atoms with E-state index in [1.54, 1.807) is 6.07 Å².